The van der Waals surface area contributed by atoms with Gasteiger partial charge in [-0.3, -0.25) is 0 Å². The molecule has 0 aromatic heterocycles. The molecule has 1 saturated carbocycles. The number of rotatable bonds is 18. The predicted octanol–water partition coefficient (Wildman–Crippen LogP) is 7.39. The zero-order chi connectivity index (χ0) is 33.3. The van der Waals surface area contributed by atoms with E-state index in [1.54, 1.807) is 24.3 Å². The van der Waals surface area contributed by atoms with Crippen molar-refractivity contribution < 1.29 is 38.1 Å². The van der Waals surface area contributed by atoms with E-state index in [1.807, 2.05) is 31.2 Å². The molecule has 46 heavy (non-hydrogen) atoms. The highest BCUT2D eigenvalue weighted by Crippen LogP contribution is 2.34. The summed E-state index contributed by atoms with van der Waals surface area (Å²) in [7, 11) is 0. The van der Waals surface area contributed by atoms with Gasteiger partial charge in [-0.25, -0.2) is 19.2 Å². The Morgan fingerprint density at radius 1 is 0.717 bits per heavy atom. The van der Waals surface area contributed by atoms with Crippen LogP contribution in [0.3, 0.4) is 0 Å². The van der Waals surface area contributed by atoms with Crippen LogP contribution in [0.1, 0.15) is 97.1 Å². The Morgan fingerprint density at radius 2 is 1.20 bits per heavy atom. The second-order valence-corrected chi connectivity index (χ2v) is 12.1. The smallest absolute Gasteiger partial charge is 0.338 e. The van der Waals surface area contributed by atoms with Gasteiger partial charge in [0.05, 0.1) is 30.4 Å². The molecular formula is C38H48O8. The Balaban J connectivity index is 1.31. The maximum absolute atomic E-state index is 12.7. The first-order valence-corrected chi connectivity index (χ1v) is 16.4. The molecule has 8 nitrogen and oxygen atoms in total. The van der Waals surface area contributed by atoms with E-state index in [1.165, 1.54) is 0 Å². The van der Waals surface area contributed by atoms with Gasteiger partial charge >= 0.3 is 23.9 Å². The van der Waals surface area contributed by atoms with Gasteiger partial charge in [0, 0.05) is 12.2 Å². The normalized spacial score (nSPS) is 17.2. The number of benzene rings is 2. The summed E-state index contributed by atoms with van der Waals surface area (Å²) in [5.74, 6) is -0.428. The first-order valence-electron chi connectivity index (χ1n) is 16.4. The van der Waals surface area contributed by atoms with E-state index in [-0.39, 0.29) is 24.1 Å². The number of esters is 4. The molecular weight excluding hydrogens is 584 g/mol. The summed E-state index contributed by atoms with van der Waals surface area (Å²) in [5.41, 5.74) is 3.19. The fourth-order valence-electron chi connectivity index (χ4n) is 5.67. The SMILES string of the molecule is C=CC(=O)OCCCc1ccc(C(=O)OC(C)CCC(C)C2CCC(OC(=O)c3ccc(CCCOC(=O)C=C)cc3)CC2)cc1. The van der Waals surface area contributed by atoms with Crippen molar-refractivity contribution in [2.24, 2.45) is 11.8 Å². The molecule has 3 rings (SSSR count). The third kappa shape index (κ3) is 12.7. The van der Waals surface area contributed by atoms with E-state index in [9.17, 15) is 19.2 Å². The maximum Gasteiger partial charge on any atom is 0.338 e. The topological polar surface area (TPSA) is 105 Å². The van der Waals surface area contributed by atoms with Crippen molar-refractivity contribution in [3.8, 4) is 0 Å². The first-order chi connectivity index (χ1) is 22.2. The summed E-state index contributed by atoms with van der Waals surface area (Å²) in [6.45, 7) is 11.6. The molecule has 8 heteroatoms. The third-order valence-electron chi connectivity index (χ3n) is 8.55. The Labute approximate surface area is 273 Å². The van der Waals surface area contributed by atoms with Crippen molar-refractivity contribution in [1.82, 2.24) is 0 Å². The maximum atomic E-state index is 12.7. The molecule has 2 aromatic rings. The Kier molecular flexibility index (Phi) is 15.3. The lowest BCUT2D eigenvalue weighted by Gasteiger charge is -2.32. The van der Waals surface area contributed by atoms with Gasteiger partial charge in [0.15, 0.2) is 0 Å². The lowest BCUT2D eigenvalue weighted by molar-refractivity contribution is -0.138. The molecule has 2 atom stereocenters. The number of carbonyl (C=O) groups is 4. The van der Waals surface area contributed by atoms with Crippen molar-refractivity contribution in [3.05, 3.63) is 96.1 Å². The van der Waals surface area contributed by atoms with Crippen LogP contribution in [-0.4, -0.2) is 49.3 Å². The van der Waals surface area contributed by atoms with Crippen LogP contribution in [0.4, 0.5) is 0 Å². The molecule has 1 aliphatic rings. The van der Waals surface area contributed by atoms with Crippen molar-refractivity contribution in [2.45, 2.75) is 90.3 Å². The predicted molar refractivity (Wildman–Crippen MR) is 176 cm³/mol. The van der Waals surface area contributed by atoms with Crippen molar-refractivity contribution in [2.75, 3.05) is 13.2 Å². The lowest BCUT2D eigenvalue weighted by atomic mass is 9.78. The molecule has 0 spiro atoms. The summed E-state index contributed by atoms with van der Waals surface area (Å²) in [6, 6.07) is 14.8. The molecule has 0 aliphatic heterocycles. The van der Waals surface area contributed by atoms with E-state index >= 15 is 0 Å². The summed E-state index contributed by atoms with van der Waals surface area (Å²) in [4.78, 5) is 47.6. The van der Waals surface area contributed by atoms with Gasteiger partial charge in [0.1, 0.15) is 6.10 Å². The van der Waals surface area contributed by atoms with Crippen LogP contribution in [0.5, 0.6) is 0 Å². The molecule has 1 fully saturated rings. The minimum absolute atomic E-state index is 0.0729. The van der Waals surface area contributed by atoms with Crippen LogP contribution < -0.4 is 0 Å². The van der Waals surface area contributed by atoms with Gasteiger partial charge in [-0.1, -0.05) is 44.3 Å². The monoisotopic (exact) mass is 632 g/mol. The largest absolute Gasteiger partial charge is 0.463 e. The van der Waals surface area contributed by atoms with Gasteiger partial charge in [0.25, 0.3) is 0 Å². The highest BCUT2D eigenvalue weighted by Gasteiger charge is 2.28. The second kappa shape index (κ2) is 19.3. The Bertz CT molecular complexity index is 1290. The minimum Gasteiger partial charge on any atom is -0.463 e. The van der Waals surface area contributed by atoms with Crippen LogP contribution in [0.25, 0.3) is 0 Å². The molecule has 0 N–H and O–H groups in total. The van der Waals surface area contributed by atoms with Gasteiger partial charge in [-0.15, -0.1) is 0 Å². The van der Waals surface area contributed by atoms with E-state index in [2.05, 4.69) is 20.1 Å². The average molecular weight is 633 g/mol. The van der Waals surface area contributed by atoms with Gasteiger partial charge in [-0.2, -0.15) is 0 Å². The fourth-order valence-corrected chi connectivity index (χ4v) is 5.67. The highest BCUT2D eigenvalue weighted by molar-refractivity contribution is 5.90. The average Bonchev–Trinajstić information content (AvgIpc) is 3.08. The molecule has 0 saturated heterocycles. The quantitative estimate of drug-likeness (QED) is 0.0725. The van der Waals surface area contributed by atoms with E-state index in [4.69, 9.17) is 18.9 Å². The molecule has 0 bridgehead atoms. The van der Waals surface area contributed by atoms with Crippen molar-refractivity contribution in [1.29, 1.82) is 0 Å². The highest BCUT2D eigenvalue weighted by atomic mass is 16.5. The number of aryl methyl sites for hydroxylation is 2. The first kappa shape index (κ1) is 36.3. The van der Waals surface area contributed by atoms with Crippen LogP contribution in [-0.2, 0) is 41.4 Å². The lowest BCUT2D eigenvalue weighted by Crippen LogP contribution is -2.27. The molecule has 248 valence electrons. The third-order valence-corrected chi connectivity index (χ3v) is 8.55. The number of hydrogen-bond acceptors (Lipinski definition) is 8. The van der Waals surface area contributed by atoms with Crippen LogP contribution in [0.15, 0.2) is 73.8 Å². The second-order valence-electron chi connectivity index (χ2n) is 12.1. The Hall–Kier alpha value is -4.20. The number of hydrogen-bond donors (Lipinski definition) is 0. The summed E-state index contributed by atoms with van der Waals surface area (Å²) in [6.07, 6.45) is 10.4. The van der Waals surface area contributed by atoms with Gasteiger partial charge in [-0.05, 0) is 118 Å². The van der Waals surface area contributed by atoms with E-state index in [0.717, 1.165) is 74.6 Å². The summed E-state index contributed by atoms with van der Waals surface area (Å²) < 4.78 is 21.5. The molecule has 1 aliphatic carbocycles. The van der Waals surface area contributed by atoms with E-state index in [0.29, 0.717) is 49.0 Å². The van der Waals surface area contributed by atoms with Gasteiger partial charge < -0.3 is 18.9 Å². The summed E-state index contributed by atoms with van der Waals surface area (Å²) >= 11 is 0. The molecule has 2 unspecified atom stereocenters. The number of ether oxygens (including phenoxy) is 4. The van der Waals surface area contributed by atoms with Crippen molar-refractivity contribution >= 4 is 23.9 Å². The summed E-state index contributed by atoms with van der Waals surface area (Å²) in [5, 5.41) is 0. The van der Waals surface area contributed by atoms with Gasteiger partial charge in [0.2, 0.25) is 0 Å². The zero-order valence-electron chi connectivity index (χ0n) is 27.2. The van der Waals surface area contributed by atoms with Crippen LogP contribution in [0, 0.1) is 11.8 Å². The Morgan fingerprint density at radius 3 is 1.67 bits per heavy atom. The number of carbonyl (C=O) groups excluding carboxylic acids is 4. The molecule has 0 amide bonds. The molecule has 2 aromatic carbocycles. The van der Waals surface area contributed by atoms with E-state index < -0.39 is 11.9 Å². The molecule has 0 radical (unpaired) electrons. The zero-order valence-corrected chi connectivity index (χ0v) is 27.2. The molecule has 0 heterocycles. The fraction of sp³-hybridized carbons (Fsp3) is 0.474. The van der Waals surface area contributed by atoms with Crippen LogP contribution >= 0.6 is 0 Å². The van der Waals surface area contributed by atoms with Crippen molar-refractivity contribution in [3.63, 3.8) is 0 Å². The minimum atomic E-state index is -0.424. The standard InChI is InChI=1S/C38H48O8/c1-5-35(39)43-25-7-9-29-13-17-32(18-14-29)37(41)45-28(4)12-11-27(3)31-21-23-34(24-22-31)46-38(42)33-19-15-30(16-20-33)10-8-26-44-36(40)6-2/h5-6,13-20,27-28,31,34H,1-2,7-12,21-26H2,3-4H3. The van der Waals surface area contributed by atoms with Crippen LogP contribution in [0.2, 0.25) is 0 Å².